The quantitative estimate of drug-likeness (QED) is 0.550. The maximum Gasteiger partial charge on any atom is 0.178 e. The summed E-state index contributed by atoms with van der Waals surface area (Å²) in [5.41, 5.74) is 9.89. The first-order chi connectivity index (χ1) is 11.2. The number of nitrogens with two attached hydrogens (primary N) is 1. The Bertz CT molecular complexity index is 993. The smallest absolute Gasteiger partial charge is 0.178 e. The molecule has 0 atom stereocenters. The maximum atomic E-state index is 14.0. The molecule has 3 N–H and O–H groups in total. The van der Waals surface area contributed by atoms with E-state index in [0.717, 1.165) is 16.6 Å². The van der Waals surface area contributed by atoms with E-state index in [1.165, 1.54) is 12.1 Å². The second-order valence-corrected chi connectivity index (χ2v) is 5.29. The van der Waals surface area contributed by atoms with Crippen molar-refractivity contribution in [3.8, 4) is 22.5 Å². The van der Waals surface area contributed by atoms with Gasteiger partial charge in [0, 0.05) is 17.4 Å². The molecule has 2 heterocycles. The Morgan fingerprint density at radius 3 is 2.61 bits per heavy atom. The number of rotatable bonds is 2. The van der Waals surface area contributed by atoms with Gasteiger partial charge in [-0.1, -0.05) is 30.3 Å². The van der Waals surface area contributed by atoms with E-state index in [-0.39, 0.29) is 5.82 Å². The molecular formula is C18H13FN4. The molecule has 2 aromatic carbocycles. The summed E-state index contributed by atoms with van der Waals surface area (Å²) in [6, 6.07) is 16.3. The van der Waals surface area contributed by atoms with Crippen LogP contribution < -0.4 is 5.73 Å². The lowest BCUT2D eigenvalue weighted by molar-refractivity contribution is 0.630. The van der Waals surface area contributed by atoms with E-state index in [1.807, 2.05) is 36.4 Å². The van der Waals surface area contributed by atoms with Crippen LogP contribution >= 0.6 is 0 Å². The normalized spacial score (nSPS) is 11.0. The van der Waals surface area contributed by atoms with Gasteiger partial charge in [-0.3, -0.25) is 0 Å². The molecule has 112 valence electrons. The number of nitrogen functional groups attached to an aromatic ring is 1. The van der Waals surface area contributed by atoms with Crippen LogP contribution in [-0.4, -0.2) is 15.0 Å². The number of H-pyrrole nitrogens is 1. The summed E-state index contributed by atoms with van der Waals surface area (Å²) in [5, 5.41) is 0. The Morgan fingerprint density at radius 2 is 1.78 bits per heavy atom. The van der Waals surface area contributed by atoms with E-state index in [2.05, 4.69) is 15.0 Å². The van der Waals surface area contributed by atoms with Gasteiger partial charge in [0.15, 0.2) is 5.65 Å². The molecule has 0 aliphatic carbocycles. The molecule has 0 amide bonds. The molecule has 0 bridgehead atoms. The summed E-state index contributed by atoms with van der Waals surface area (Å²) in [4.78, 5) is 11.8. The van der Waals surface area contributed by atoms with Gasteiger partial charge in [0.2, 0.25) is 0 Å². The Kier molecular flexibility index (Phi) is 3.05. The number of nitrogens with zero attached hydrogens (tertiary/aromatic N) is 2. The molecule has 4 nitrogen and oxygen atoms in total. The van der Waals surface area contributed by atoms with Crippen molar-refractivity contribution in [2.45, 2.75) is 0 Å². The summed E-state index contributed by atoms with van der Waals surface area (Å²) in [6.45, 7) is 0. The van der Waals surface area contributed by atoms with E-state index in [0.29, 0.717) is 22.7 Å². The number of halogens is 1. The van der Waals surface area contributed by atoms with Crippen LogP contribution in [0.1, 0.15) is 0 Å². The van der Waals surface area contributed by atoms with Gasteiger partial charge in [-0.15, -0.1) is 0 Å². The lowest BCUT2D eigenvalue weighted by Crippen LogP contribution is -1.90. The summed E-state index contributed by atoms with van der Waals surface area (Å²) in [7, 11) is 0. The average molecular weight is 304 g/mol. The van der Waals surface area contributed by atoms with Crippen molar-refractivity contribution in [1.82, 2.24) is 15.0 Å². The van der Waals surface area contributed by atoms with Crippen LogP contribution in [0.3, 0.4) is 0 Å². The first-order valence-electron chi connectivity index (χ1n) is 7.17. The first-order valence-corrected chi connectivity index (χ1v) is 7.17. The van der Waals surface area contributed by atoms with Gasteiger partial charge in [-0.2, -0.15) is 0 Å². The highest BCUT2D eigenvalue weighted by molar-refractivity contribution is 5.81. The third-order valence-electron chi connectivity index (χ3n) is 3.69. The second kappa shape index (κ2) is 5.21. The van der Waals surface area contributed by atoms with Crippen molar-refractivity contribution >= 4 is 16.9 Å². The number of nitrogens with one attached hydrogen (secondary N) is 1. The Hall–Kier alpha value is -3.21. The number of anilines is 1. The van der Waals surface area contributed by atoms with Gasteiger partial charge in [0.1, 0.15) is 11.6 Å². The van der Waals surface area contributed by atoms with Crippen molar-refractivity contribution in [3.05, 3.63) is 66.6 Å². The van der Waals surface area contributed by atoms with Crippen molar-refractivity contribution in [1.29, 1.82) is 0 Å². The van der Waals surface area contributed by atoms with Crippen LogP contribution in [0.5, 0.6) is 0 Å². The van der Waals surface area contributed by atoms with Crippen molar-refractivity contribution in [3.63, 3.8) is 0 Å². The van der Waals surface area contributed by atoms with Gasteiger partial charge in [-0.25, -0.2) is 14.4 Å². The number of imidazole rings is 1. The molecule has 23 heavy (non-hydrogen) atoms. The maximum absolute atomic E-state index is 14.0. The summed E-state index contributed by atoms with van der Waals surface area (Å²) in [6.07, 6.45) is 1.76. The standard InChI is InChI=1S/C18H13FN4/c19-15-7-6-13(20)9-14(15)17-22-16-8-12(10-21-18(16)23-17)11-4-2-1-3-5-11/h1-10H,20H2,(H,21,22,23). The molecular weight excluding hydrogens is 291 g/mol. The molecule has 0 aliphatic heterocycles. The minimum Gasteiger partial charge on any atom is -0.399 e. The van der Waals surface area contributed by atoms with Gasteiger partial charge in [-0.05, 0) is 29.8 Å². The molecule has 4 aromatic rings. The Labute approximate surface area is 131 Å². The molecule has 0 spiro atoms. The van der Waals surface area contributed by atoms with E-state index in [4.69, 9.17) is 5.73 Å². The van der Waals surface area contributed by atoms with Gasteiger partial charge in [0.25, 0.3) is 0 Å². The zero-order chi connectivity index (χ0) is 15.8. The number of hydrogen-bond donors (Lipinski definition) is 2. The molecule has 0 saturated carbocycles. The minimum absolute atomic E-state index is 0.337. The second-order valence-electron chi connectivity index (χ2n) is 5.29. The van der Waals surface area contributed by atoms with Crippen molar-refractivity contribution < 1.29 is 4.39 Å². The van der Waals surface area contributed by atoms with Crippen LogP contribution in [0, 0.1) is 5.82 Å². The number of benzene rings is 2. The van der Waals surface area contributed by atoms with E-state index in [1.54, 1.807) is 12.3 Å². The zero-order valence-electron chi connectivity index (χ0n) is 12.1. The van der Waals surface area contributed by atoms with Crippen LogP contribution in [0.25, 0.3) is 33.7 Å². The molecule has 4 rings (SSSR count). The van der Waals surface area contributed by atoms with Crippen LogP contribution in [0.2, 0.25) is 0 Å². The third kappa shape index (κ3) is 2.42. The Morgan fingerprint density at radius 1 is 0.957 bits per heavy atom. The van der Waals surface area contributed by atoms with Gasteiger partial charge < -0.3 is 10.7 Å². The topological polar surface area (TPSA) is 67.6 Å². The molecule has 0 saturated heterocycles. The van der Waals surface area contributed by atoms with E-state index >= 15 is 0 Å². The lowest BCUT2D eigenvalue weighted by Gasteiger charge is -2.00. The number of fused-ring (bicyclic) bond motifs is 1. The Balaban J connectivity index is 1.84. The molecule has 0 aliphatic rings. The number of aromatic nitrogens is 3. The molecule has 2 aromatic heterocycles. The van der Waals surface area contributed by atoms with Crippen LogP contribution in [0.4, 0.5) is 10.1 Å². The third-order valence-corrected chi connectivity index (χ3v) is 3.69. The monoisotopic (exact) mass is 304 g/mol. The van der Waals surface area contributed by atoms with E-state index < -0.39 is 0 Å². The average Bonchev–Trinajstić information content (AvgIpc) is 3.00. The van der Waals surface area contributed by atoms with Crippen molar-refractivity contribution in [2.24, 2.45) is 0 Å². The summed E-state index contributed by atoms with van der Waals surface area (Å²) in [5.74, 6) is 0.0454. The molecule has 5 heteroatoms. The first kappa shape index (κ1) is 13.5. The predicted octanol–water partition coefficient (Wildman–Crippen LogP) is 4.01. The van der Waals surface area contributed by atoms with Gasteiger partial charge in [0.05, 0.1) is 11.1 Å². The zero-order valence-corrected chi connectivity index (χ0v) is 12.1. The highest BCUT2D eigenvalue weighted by atomic mass is 19.1. The number of aromatic amines is 1. The van der Waals surface area contributed by atoms with Crippen molar-refractivity contribution in [2.75, 3.05) is 5.73 Å². The summed E-state index contributed by atoms with van der Waals surface area (Å²) >= 11 is 0. The molecule has 0 fully saturated rings. The largest absolute Gasteiger partial charge is 0.399 e. The number of pyridine rings is 1. The fourth-order valence-electron chi connectivity index (χ4n) is 2.54. The predicted molar refractivity (Wildman–Crippen MR) is 89.1 cm³/mol. The highest BCUT2D eigenvalue weighted by Crippen LogP contribution is 2.26. The SMILES string of the molecule is Nc1ccc(F)c(-c2nc3ncc(-c4ccccc4)cc3[nH]2)c1. The fraction of sp³-hybridized carbons (Fsp3) is 0. The molecule has 0 radical (unpaired) electrons. The summed E-state index contributed by atoms with van der Waals surface area (Å²) < 4.78 is 14.0. The van der Waals surface area contributed by atoms with Crippen LogP contribution in [0.15, 0.2) is 60.8 Å². The van der Waals surface area contributed by atoms with Gasteiger partial charge >= 0.3 is 0 Å². The van der Waals surface area contributed by atoms with Crippen LogP contribution in [-0.2, 0) is 0 Å². The highest BCUT2D eigenvalue weighted by Gasteiger charge is 2.12. The number of hydrogen-bond acceptors (Lipinski definition) is 3. The molecule has 0 unspecified atom stereocenters. The lowest BCUT2D eigenvalue weighted by atomic mass is 10.1. The van der Waals surface area contributed by atoms with E-state index in [9.17, 15) is 4.39 Å². The minimum atomic E-state index is -0.374. The fourth-order valence-corrected chi connectivity index (χ4v) is 2.54.